The monoisotopic (exact) mass is 447 g/mol. The largest absolute Gasteiger partial charge is 0.507 e. The minimum atomic E-state index is -4.68. The Morgan fingerprint density at radius 2 is 1.75 bits per heavy atom. The second-order valence-corrected chi connectivity index (χ2v) is 6.92. The number of urea groups is 1. The molecule has 1 aliphatic rings. The van der Waals surface area contributed by atoms with Crippen LogP contribution >= 0.6 is 0 Å². The van der Waals surface area contributed by atoms with Crippen molar-refractivity contribution >= 4 is 35.3 Å². The number of anilines is 2. The van der Waals surface area contributed by atoms with E-state index in [4.69, 9.17) is 0 Å². The zero-order chi connectivity index (χ0) is 23.6. The van der Waals surface area contributed by atoms with E-state index in [0.29, 0.717) is 24.1 Å². The van der Waals surface area contributed by atoms with E-state index in [1.807, 2.05) is 24.1 Å². The lowest BCUT2D eigenvalue weighted by molar-refractivity contribution is -0.137. The molecular formula is C22H20F3N3O4. The first-order chi connectivity index (χ1) is 15.1. The molecule has 32 heavy (non-hydrogen) atoms. The normalized spacial score (nSPS) is 15.8. The van der Waals surface area contributed by atoms with Gasteiger partial charge in [-0.1, -0.05) is 6.07 Å². The lowest BCUT2D eigenvalue weighted by Crippen LogP contribution is -2.54. The number of hydrogen-bond acceptors (Lipinski definition) is 5. The van der Waals surface area contributed by atoms with Gasteiger partial charge in [0.25, 0.3) is 11.8 Å². The number of carbonyl (C=O) groups is 3. The number of benzene rings is 2. The van der Waals surface area contributed by atoms with Gasteiger partial charge in [0.05, 0.1) is 11.3 Å². The maximum absolute atomic E-state index is 13.0. The number of alkyl halides is 3. The topological polar surface area (TPSA) is 90.0 Å². The SMILES string of the molecule is CCN(CC)c1ccc(C=C2C(=O)NC(=O)N(c3cccc(C(F)(F)F)c3)C2=O)c(O)c1. The van der Waals surface area contributed by atoms with E-state index in [2.05, 4.69) is 0 Å². The van der Waals surface area contributed by atoms with Gasteiger partial charge in [0.1, 0.15) is 11.3 Å². The van der Waals surface area contributed by atoms with Crippen molar-refractivity contribution in [3.63, 3.8) is 0 Å². The number of carbonyl (C=O) groups excluding carboxylic acids is 3. The number of rotatable bonds is 5. The Morgan fingerprint density at radius 3 is 2.34 bits per heavy atom. The molecule has 0 radical (unpaired) electrons. The molecule has 0 aliphatic carbocycles. The van der Waals surface area contributed by atoms with Crippen LogP contribution < -0.4 is 15.1 Å². The molecule has 0 bridgehead atoms. The summed E-state index contributed by atoms with van der Waals surface area (Å²) in [4.78, 5) is 39.8. The molecule has 7 nitrogen and oxygen atoms in total. The van der Waals surface area contributed by atoms with E-state index in [0.717, 1.165) is 30.0 Å². The third kappa shape index (κ3) is 4.43. The van der Waals surface area contributed by atoms with Crippen molar-refractivity contribution in [2.24, 2.45) is 0 Å². The summed E-state index contributed by atoms with van der Waals surface area (Å²) in [7, 11) is 0. The van der Waals surface area contributed by atoms with E-state index >= 15 is 0 Å². The molecule has 1 aliphatic heterocycles. The Balaban J connectivity index is 2.00. The van der Waals surface area contributed by atoms with Crippen molar-refractivity contribution < 1.29 is 32.7 Å². The van der Waals surface area contributed by atoms with Crippen molar-refractivity contribution in [1.82, 2.24) is 5.32 Å². The second kappa shape index (κ2) is 8.74. The second-order valence-electron chi connectivity index (χ2n) is 6.92. The van der Waals surface area contributed by atoms with E-state index in [9.17, 15) is 32.7 Å². The molecule has 2 N–H and O–H groups in total. The predicted molar refractivity (Wildman–Crippen MR) is 112 cm³/mol. The highest BCUT2D eigenvalue weighted by Gasteiger charge is 2.38. The molecule has 4 amide bonds. The Morgan fingerprint density at radius 1 is 1.06 bits per heavy atom. The predicted octanol–water partition coefficient (Wildman–Crippen LogP) is 3.92. The number of nitrogens with zero attached hydrogens (tertiary/aromatic N) is 2. The summed E-state index contributed by atoms with van der Waals surface area (Å²) in [5.41, 5.74) is -1.04. The van der Waals surface area contributed by atoms with Crippen LogP contribution in [0.2, 0.25) is 0 Å². The van der Waals surface area contributed by atoms with Gasteiger partial charge in [-0.3, -0.25) is 14.9 Å². The zero-order valence-corrected chi connectivity index (χ0v) is 17.2. The number of hydrogen-bond donors (Lipinski definition) is 2. The van der Waals surface area contributed by atoms with Gasteiger partial charge in [-0.15, -0.1) is 0 Å². The molecule has 1 fully saturated rings. The lowest BCUT2D eigenvalue weighted by Gasteiger charge is -2.27. The summed E-state index contributed by atoms with van der Waals surface area (Å²) in [6, 6.07) is 7.14. The van der Waals surface area contributed by atoms with Crippen LogP contribution in [0, 0.1) is 0 Å². The molecule has 168 valence electrons. The fourth-order valence-electron chi connectivity index (χ4n) is 3.31. The quantitative estimate of drug-likeness (QED) is 0.536. The van der Waals surface area contributed by atoms with Crippen LogP contribution in [-0.2, 0) is 15.8 Å². The van der Waals surface area contributed by atoms with Gasteiger partial charge in [-0.2, -0.15) is 13.2 Å². The first-order valence-electron chi connectivity index (χ1n) is 9.73. The van der Waals surface area contributed by atoms with Gasteiger partial charge in [-0.25, -0.2) is 9.69 Å². The molecule has 1 heterocycles. The molecule has 2 aromatic carbocycles. The number of halogens is 3. The standard InChI is InChI=1S/C22H20F3N3O4/c1-3-27(4-2)15-9-8-13(18(29)12-15)10-17-19(30)26-21(32)28(20(17)31)16-7-5-6-14(11-16)22(23,24)25/h5-12,29H,3-4H2,1-2H3,(H,26,30,32). The maximum Gasteiger partial charge on any atom is 0.416 e. The van der Waals surface area contributed by atoms with E-state index < -0.39 is 35.2 Å². The summed E-state index contributed by atoms with van der Waals surface area (Å²) in [5.74, 6) is -2.33. The third-order valence-corrected chi connectivity index (χ3v) is 4.98. The van der Waals surface area contributed by atoms with Crippen LogP contribution in [0.1, 0.15) is 25.0 Å². The molecule has 1 saturated heterocycles. The zero-order valence-electron chi connectivity index (χ0n) is 17.2. The lowest BCUT2D eigenvalue weighted by atomic mass is 10.0. The molecule has 0 saturated carbocycles. The number of aromatic hydroxyl groups is 1. The fraction of sp³-hybridized carbons (Fsp3) is 0.227. The van der Waals surface area contributed by atoms with E-state index in [1.165, 1.54) is 12.1 Å². The minimum Gasteiger partial charge on any atom is -0.507 e. The van der Waals surface area contributed by atoms with Crippen LogP contribution in [0.25, 0.3) is 6.08 Å². The van der Waals surface area contributed by atoms with Gasteiger partial charge in [0.2, 0.25) is 0 Å². The fourth-order valence-corrected chi connectivity index (χ4v) is 3.31. The van der Waals surface area contributed by atoms with Gasteiger partial charge in [0, 0.05) is 30.4 Å². The smallest absolute Gasteiger partial charge is 0.416 e. The van der Waals surface area contributed by atoms with Crippen LogP contribution in [-0.4, -0.2) is 36.0 Å². The molecule has 3 rings (SSSR count). The number of phenolic OH excluding ortho intramolecular Hbond substituents is 1. The number of nitrogens with one attached hydrogen (secondary N) is 1. The summed E-state index contributed by atoms with van der Waals surface area (Å²) < 4.78 is 39.1. The number of barbiturate groups is 1. The van der Waals surface area contributed by atoms with Crippen molar-refractivity contribution in [3.05, 3.63) is 59.2 Å². The van der Waals surface area contributed by atoms with Crippen molar-refractivity contribution in [3.8, 4) is 5.75 Å². The Bertz CT molecular complexity index is 1110. The molecule has 0 atom stereocenters. The summed E-state index contributed by atoms with van der Waals surface area (Å²) in [5, 5.41) is 12.3. The molecular weight excluding hydrogens is 427 g/mol. The first kappa shape index (κ1) is 22.9. The average Bonchev–Trinajstić information content (AvgIpc) is 2.73. The summed E-state index contributed by atoms with van der Waals surface area (Å²) in [6.45, 7) is 5.29. The van der Waals surface area contributed by atoms with E-state index in [1.54, 1.807) is 6.07 Å². The molecule has 10 heteroatoms. The van der Waals surface area contributed by atoms with Gasteiger partial charge in [0.15, 0.2) is 0 Å². The number of imide groups is 2. The average molecular weight is 447 g/mol. The van der Waals surface area contributed by atoms with Gasteiger partial charge in [-0.05, 0) is 50.3 Å². The van der Waals surface area contributed by atoms with Crippen LogP contribution in [0.5, 0.6) is 5.75 Å². The third-order valence-electron chi connectivity index (χ3n) is 4.98. The van der Waals surface area contributed by atoms with Crippen molar-refractivity contribution in [1.29, 1.82) is 0 Å². The Hall–Kier alpha value is -3.82. The van der Waals surface area contributed by atoms with Gasteiger partial charge < -0.3 is 10.0 Å². The number of amides is 4. The molecule has 0 unspecified atom stereocenters. The Kier molecular flexibility index (Phi) is 6.24. The Labute approximate surface area is 181 Å². The molecule has 0 aromatic heterocycles. The highest BCUT2D eigenvalue weighted by Crippen LogP contribution is 2.33. The van der Waals surface area contributed by atoms with Crippen LogP contribution in [0.3, 0.4) is 0 Å². The van der Waals surface area contributed by atoms with E-state index in [-0.39, 0.29) is 17.0 Å². The summed E-state index contributed by atoms with van der Waals surface area (Å²) >= 11 is 0. The van der Waals surface area contributed by atoms with Crippen molar-refractivity contribution in [2.45, 2.75) is 20.0 Å². The first-order valence-corrected chi connectivity index (χ1v) is 9.73. The van der Waals surface area contributed by atoms with Crippen molar-refractivity contribution in [2.75, 3.05) is 22.9 Å². The minimum absolute atomic E-state index is 0.137. The van der Waals surface area contributed by atoms with Gasteiger partial charge >= 0.3 is 12.2 Å². The molecule has 2 aromatic rings. The maximum atomic E-state index is 13.0. The molecule has 0 spiro atoms. The van der Waals surface area contributed by atoms with Crippen LogP contribution in [0.4, 0.5) is 29.3 Å². The highest BCUT2D eigenvalue weighted by atomic mass is 19.4. The summed E-state index contributed by atoms with van der Waals surface area (Å²) in [6.07, 6.45) is -3.59. The number of phenols is 1. The van der Waals surface area contributed by atoms with Crippen LogP contribution in [0.15, 0.2) is 48.0 Å². The highest BCUT2D eigenvalue weighted by molar-refractivity contribution is 6.39.